The molecule has 1 saturated carbocycles. The van der Waals surface area contributed by atoms with Crippen molar-refractivity contribution in [2.75, 3.05) is 6.54 Å². The van der Waals surface area contributed by atoms with Crippen molar-refractivity contribution in [1.29, 1.82) is 0 Å². The van der Waals surface area contributed by atoms with E-state index in [0.717, 1.165) is 25.3 Å². The van der Waals surface area contributed by atoms with Crippen LogP contribution in [0.4, 0.5) is 0 Å². The lowest BCUT2D eigenvalue weighted by molar-refractivity contribution is -0.122. The summed E-state index contributed by atoms with van der Waals surface area (Å²) < 4.78 is 0. The molecule has 0 radical (unpaired) electrons. The minimum atomic E-state index is 0.311. The molecule has 2 heteroatoms. The van der Waals surface area contributed by atoms with Crippen LogP contribution in [-0.2, 0) is 4.79 Å². The SMILES string of the molecule is O=C1NCCC1CC1CCCCC1. The van der Waals surface area contributed by atoms with Crippen LogP contribution >= 0.6 is 0 Å². The summed E-state index contributed by atoms with van der Waals surface area (Å²) in [6, 6.07) is 0. The average Bonchev–Trinajstić information content (AvgIpc) is 2.54. The lowest BCUT2D eigenvalue weighted by Crippen LogP contribution is -2.21. The number of carbonyl (C=O) groups excluding carboxylic acids is 1. The summed E-state index contributed by atoms with van der Waals surface area (Å²) in [6.45, 7) is 0.913. The molecule has 1 unspecified atom stereocenters. The summed E-state index contributed by atoms with van der Waals surface area (Å²) in [4.78, 5) is 11.3. The van der Waals surface area contributed by atoms with Gasteiger partial charge in [0.2, 0.25) is 5.91 Å². The molecule has 1 N–H and O–H groups in total. The molecule has 2 aliphatic rings. The largest absolute Gasteiger partial charge is 0.356 e. The molecule has 0 aromatic heterocycles. The van der Waals surface area contributed by atoms with Gasteiger partial charge in [0.05, 0.1) is 0 Å². The summed E-state index contributed by atoms with van der Waals surface area (Å²) in [7, 11) is 0. The molecular formula is C11H19NO. The first-order valence-electron chi connectivity index (χ1n) is 5.64. The third kappa shape index (κ3) is 2.23. The number of amides is 1. The number of rotatable bonds is 2. The van der Waals surface area contributed by atoms with Crippen LogP contribution in [0.25, 0.3) is 0 Å². The second-order valence-corrected chi connectivity index (χ2v) is 4.52. The van der Waals surface area contributed by atoms with Crippen molar-refractivity contribution < 1.29 is 4.79 Å². The zero-order valence-electron chi connectivity index (χ0n) is 8.22. The molecule has 1 saturated heterocycles. The van der Waals surface area contributed by atoms with E-state index in [1.165, 1.54) is 32.1 Å². The Morgan fingerprint density at radius 3 is 2.54 bits per heavy atom. The minimum Gasteiger partial charge on any atom is -0.356 e. The molecule has 0 bridgehead atoms. The highest BCUT2D eigenvalue weighted by Gasteiger charge is 2.27. The predicted octanol–water partition coefficient (Wildman–Crippen LogP) is 2.09. The second kappa shape index (κ2) is 4.12. The Balaban J connectivity index is 1.79. The average molecular weight is 181 g/mol. The molecule has 1 heterocycles. The number of nitrogens with one attached hydrogen (secondary N) is 1. The third-order valence-electron chi connectivity index (χ3n) is 3.51. The fourth-order valence-electron chi connectivity index (χ4n) is 2.70. The molecule has 0 aromatic rings. The van der Waals surface area contributed by atoms with Gasteiger partial charge in [-0.25, -0.2) is 0 Å². The van der Waals surface area contributed by atoms with Gasteiger partial charge in [0.1, 0.15) is 0 Å². The van der Waals surface area contributed by atoms with E-state index < -0.39 is 0 Å². The van der Waals surface area contributed by atoms with Gasteiger partial charge in [0.15, 0.2) is 0 Å². The van der Waals surface area contributed by atoms with Crippen molar-refractivity contribution in [2.45, 2.75) is 44.9 Å². The van der Waals surface area contributed by atoms with Gasteiger partial charge < -0.3 is 5.32 Å². The van der Waals surface area contributed by atoms with Crippen LogP contribution in [0, 0.1) is 11.8 Å². The van der Waals surface area contributed by atoms with Crippen LogP contribution in [0.15, 0.2) is 0 Å². The minimum absolute atomic E-state index is 0.311. The van der Waals surface area contributed by atoms with E-state index in [9.17, 15) is 4.79 Å². The Labute approximate surface area is 80.1 Å². The maximum absolute atomic E-state index is 11.3. The Morgan fingerprint density at radius 1 is 1.15 bits per heavy atom. The van der Waals surface area contributed by atoms with Crippen molar-refractivity contribution >= 4 is 5.91 Å². The van der Waals surface area contributed by atoms with Crippen molar-refractivity contribution in [3.63, 3.8) is 0 Å². The molecule has 0 aromatic carbocycles. The van der Waals surface area contributed by atoms with Gasteiger partial charge in [0, 0.05) is 12.5 Å². The van der Waals surface area contributed by atoms with E-state index in [2.05, 4.69) is 5.32 Å². The molecule has 2 rings (SSSR count). The normalized spacial score (nSPS) is 30.5. The second-order valence-electron chi connectivity index (χ2n) is 4.52. The van der Waals surface area contributed by atoms with E-state index in [0.29, 0.717) is 11.8 Å². The van der Waals surface area contributed by atoms with Gasteiger partial charge in [-0.05, 0) is 18.8 Å². The highest BCUT2D eigenvalue weighted by atomic mass is 16.2. The zero-order valence-corrected chi connectivity index (χ0v) is 8.22. The fourth-order valence-corrected chi connectivity index (χ4v) is 2.70. The Hall–Kier alpha value is -0.530. The summed E-state index contributed by atoms with van der Waals surface area (Å²) in [5.74, 6) is 1.51. The molecule has 1 aliphatic heterocycles. The fraction of sp³-hybridized carbons (Fsp3) is 0.909. The molecular weight excluding hydrogens is 162 g/mol. The van der Waals surface area contributed by atoms with E-state index in [1.807, 2.05) is 0 Å². The lowest BCUT2D eigenvalue weighted by atomic mass is 9.82. The van der Waals surface area contributed by atoms with Crippen molar-refractivity contribution in [3.05, 3.63) is 0 Å². The van der Waals surface area contributed by atoms with E-state index in [4.69, 9.17) is 0 Å². The Morgan fingerprint density at radius 2 is 1.92 bits per heavy atom. The van der Waals surface area contributed by atoms with E-state index >= 15 is 0 Å². The lowest BCUT2D eigenvalue weighted by Gasteiger charge is -2.23. The molecule has 74 valence electrons. The maximum Gasteiger partial charge on any atom is 0.223 e. The zero-order chi connectivity index (χ0) is 9.10. The molecule has 1 aliphatic carbocycles. The molecule has 1 amide bonds. The standard InChI is InChI=1S/C11H19NO/c13-11-10(6-7-12-11)8-9-4-2-1-3-5-9/h9-10H,1-8H2,(H,12,13). The van der Waals surface area contributed by atoms with Crippen LogP contribution in [0.5, 0.6) is 0 Å². The maximum atomic E-state index is 11.3. The summed E-state index contributed by atoms with van der Waals surface area (Å²) >= 11 is 0. The van der Waals surface area contributed by atoms with Crippen molar-refractivity contribution in [1.82, 2.24) is 5.32 Å². The Kier molecular flexibility index (Phi) is 2.87. The van der Waals surface area contributed by atoms with Crippen molar-refractivity contribution in [2.24, 2.45) is 11.8 Å². The molecule has 13 heavy (non-hydrogen) atoms. The molecule has 2 fully saturated rings. The highest BCUT2D eigenvalue weighted by molar-refractivity contribution is 5.80. The summed E-state index contributed by atoms with van der Waals surface area (Å²) in [6.07, 6.45) is 9.15. The summed E-state index contributed by atoms with van der Waals surface area (Å²) in [5.41, 5.74) is 0. The summed E-state index contributed by atoms with van der Waals surface area (Å²) in [5, 5.41) is 2.92. The number of carbonyl (C=O) groups is 1. The van der Waals surface area contributed by atoms with E-state index in [1.54, 1.807) is 0 Å². The van der Waals surface area contributed by atoms with Crippen LogP contribution < -0.4 is 5.32 Å². The quantitative estimate of drug-likeness (QED) is 0.694. The van der Waals surface area contributed by atoms with Crippen LogP contribution in [0.2, 0.25) is 0 Å². The van der Waals surface area contributed by atoms with Gasteiger partial charge in [-0.2, -0.15) is 0 Å². The Bertz CT molecular complexity index is 185. The van der Waals surface area contributed by atoms with Gasteiger partial charge in [-0.1, -0.05) is 32.1 Å². The first-order valence-corrected chi connectivity index (χ1v) is 5.64. The topological polar surface area (TPSA) is 29.1 Å². The highest BCUT2D eigenvalue weighted by Crippen LogP contribution is 2.31. The first-order chi connectivity index (χ1) is 6.36. The number of hydrogen-bond donors (Lipinski definition) is 1. The van der Waals surface area contributed by atoms with Crippen LogP contribution in [-0.4, -0.2) is 12.5 Å². The third-order valence-corrected chi connectivity index (χ3v) is 3.51. The van der Waals surface area contributed by atoms with Gasteiger partial charge in [-0.3, -0.25) is 4.79 Å². The van der Waals surface area contributed by atoms with E-state index in [-0.39, 0.29) is 0 Å². The van der Waals surface area contributed by atoms with Gasteiger partial charge in [-0.15, -0.1) is 0 Å². The number of hydrogen-bond acceptors (Lipinski definition) is 1. The van der Waals surface area contributed by atoms with Crippen LogP contribution in [0.3, 0.4) is 0 Å². The smallest absolute Gasteiger partial charge is 0.223 e. The first kappa shape index (κ1) is 9.04. The van der Waals surface area contributed by atoms with Gasteiger partial charge >= 0.3 is 0 Å². The predicted molar refractivity (Wildman–Crippen MR) is 52.3 cm³/mol. The monoisotopic (exact) mass is 181 g/mol. The molecule has 2 nitrogen and oxygen atoms in total. The molecule has 1 atom stereocenters. The van der Waals surface area contributed by atoms with Gasteiger partial charge in [0.25, 0.3) is 0 Å². The van der Waals surface area contributed by atoms with Crippen LogP contribution in [0.1, 0.15) is 44.9 Å². The molecule has 0 spiro atoms. The van der Waals surface area contributed by atoms with Crippen molar-refractivity contribution in [3.8, 4) is 0 Å².